The van der Waals surface area contributed by atoms with Crippen LogP contribution < -0.4 is 0 Å². The van der Waals surface area contributed by atoms with Crippen molar-refractivity contribution in [2.45, 2.75) is 96.8 Å². The third-order valence-electron chi connectivity index (χ3n) is 7.74. The topological polar surface area (TPSA) is 36.9 Å². The molecule has 1 saturated heterocycles. The summed E-state index contributed by atoms with van der Waals surface area (Å²) in [5.74, 6) is 0. The van der Waals surface area contributed by atoms with Crippen LogP contribution in [0.25, 0.3) is 0 Å². The first-order chi connectivity index (χ1) is 16.0. The van der Waals surface area contributed by atoms with E-state index in [0.29, 0.717) is 24.8 Å². The van der Waals surface area contributed by atoms with Gasteiger partial charge in [-0.2, -0.15) is 0 Å². The van der Waals surface area contributed by atoms with Crippen LogP contribution in [0.1, 0.15) is 74.8 Å². The number of ether oxygens (including phenoxy) is 2. The zero-order chi connectivity index (χ0) is 26.2. The molecule has 1 atom stereocenters. The maximum Gasteiger partial charge on any atom is 0.193 e. The quantitative estimate of drug-likeness (QED) is 0.305. The standard InChI is InChI=1S/C27H43ClO4SSi2/c1-26(2,3)34(7,8)31-18-23-21(17-22(33-23)25-29-14-15-30-25)24(19-12-11-13-20(28)16-19)32-35(9,10)27(4,5)6/h11-13,16-17,24-25H,14-15,18H2,1-10H3. The molecule has 1 aliphatic rings. The Labute approximate surface area is 223 Å². The minimum absolute atomic E-state index is 0.0676. The van der Waals surface area contributed by atoms with Crippen LogP contribution in [0.2, 0.25) is 41.3 Å². The molecule has 196 valence electrons. The number of hydrogen-bond acceptors (Lipinski definition) is 5. The summed E-state index contributed by atoms with van der Waals surface area (Å²) < 4.78 is 25.5. The maximum absolute atomic E-state index is 7.11. The van der Waals surface area contributed by atoms with Gasteiger partial charge in [0.1, 0.15) is 0 Å². The summed E-state index contributed by atoms with van der Waals surface area (Å²) in [6.45, 7) is 24.6. The van der Waals surface area contributed by atoms with E-state index in [1.165, 1.54) is 4.88 Å². The summed E-state index contributed by atoms with van der Waals surface area (Å²) in [6.07, 6.45) is -0.563. The van der Waals surface area contributed by atoms with E-state index in [1.807, 2.05) is 18.2 Å². The Morgan fingerprint density at radius 1 is 0.971 bits per heavy atom. The average Bonchev–Trinajstić information content (AvgIpc) is 3.39. The highest BCUT2D eigenvalue weighted by molar-refractivity contribution is 7.12. The molecule has 1 aromatic carbocycles. The molecule has 1 unspecified atom stereocenters. The van der Waals surface area contributed by atoms with E-state index in [2.05, 4.69) is 79.9 Å². The van der Waals surface area contributed by atoms with Gasteiger partial charge in [-0.15, -0.1) is 11.3 Å². The Morgan fingerprint density at radius 3 is 2.11 bits per heavy atom. The Balaban J connectivity index is 2.09. The summed E-state index contributed by atoms with van der Waals surface area (Å²) in [5, 5.41) is 0.913. The molecule has 3 rings (SSSR count). The largest absolute Gasteiger partial charge is 0.412 e. The molecule has 0 N–H and O–H groups in total. The molecular formula is C27H43ClO4SSi2. The number of hydrogen-bond donors (Lipinski definition) is 0. The van der Waals surface area contributed by atoms with Crippen molar-refractivity contribution < 1.29 is 18.3 Å². The van der Waals surface area contributed by atoms with E-state index in [-0.39, 0.29) is 22.5 Å². The lowest BCUT2D eigenvalue weighted by molar-refractivity contribution is -0.0413. The molecule has 0 amide bonds. The van der Waals surface area contributed by atoms with Gasteiger partial charge in [0.05, 0.1) is 30.8 Å². The Hall–Kier alpha value is -0.516. The lowest BCUT2D eigenvalue weighted by Crippen LogP contribution is -2.42. The van der Waals surface area contributed by atoms with Gasteiger partial charge in [-0.1, -0.05) is 65.3 Å². The second kappa shape index (κ2) is 10.7. The van der Waals surface area contributed by atoms with Crippen molar-refractivity contribution >= 4 is 39.6 Å². The van der Waals surface area contributed by atoms with Crippen LogP contribution >= 0.6 is 22.9 Å². The minimum atomic E-state index is -2.12. The smallest absolute Gasteiger partial charge is 0.193 e. The monoisotopic (exact) mass is 554 g/mol. The van der Waals surface area contributed by atoms with Gasteiger partial charge in [-0.25, -0.2) is 0 Å². The van der Waals surface area contributed by atoms with Crippen molar-refractivity contribution in [3.63, 3.8) is 0 Å². The van der Waals surface area contributed by atoms with E-state index < -0.39 is 16.6 Å². The first-order valence-electron chi connectivity index (χ1n) is 12.4. The summed E-state index contributed by atoms with van der Waals surface area (Å²) >= 11 is 8.18. The van der Waals surface area contributed by atoms with Crippen LogP contribution in [0.5, 0.6) is 0 Å². The van der Waals surface area contributed by atoms with Gasteiger partial charge in [0.25, 0.3) is 0 Å². The zero-order valence-corrected chi connectivity index (χ0v) is 26.7. The van der Waals surface area contributed by atoms with Crippen molar-refractivity contribution in [1.29, 1.82) is 0 Å². The van der Waals surface area contributed by atoms with E-state index in [4.69, 9.17) is 29.9 Å². The third-order valence-corrected chi connectivity index (χ3v) is 18.0. The number of rotatable bonds is 8. The molecule has 0 saturated carbocycles. The van der Waals surface area contributed by atoms with Crippen LogP contribution in [0.4, 0.5) is 0 Å². The minimum Gasteiger partial charge on any atom is -0.412 e. The first kappa shape index (κ1) is 29.0. The van der Waals surface area contributed by atoms with E-state index in [1.54, 1.807) is 11.3 Å². The van der Waals surface area contributed by atoms with E-state index in [0.717, 1.165) is 16.0 Å². The predicted octanol–water partition coefficient (Wildman–Crippen LogP) is 9.08. The highest BCUT2D eigenvalue weighted by Gasteiger charge is 2.42. The van der Waals surface area contributed by atoms with Crippen molar-refractivity contribution in [2.24, 2.45) is 0 Å². The molecular weight excluding hydrogens is 512 g/mol. The molecule has 0 spiro atoms. The Morgan fingerprint density at radius 2 is 1.57 bits per heavy atom. The molecule has 4 nitrogen and oxygen atoms in total. The van der Waals surface area contributed by atoms with Crippen LogP contribution in [0.15, 0.2) is 30.3 Å². The van der Waals surface area contributed by atoms with E-state index in [9.17, 15) is 0 Å². The fraction of sp³-hybridized carbons (Fsp3) is 0.630. The van der Waals surface area contributed by atoms with Gasteiger partial charge >= 0.3 is 0 Å². The lowest BCUT2D eigenvalue weighted by atomic mass is 10.0. The van der Waals surface area contributed by atoms with Gasteiger partial charge in [0.2, 0.25) is 0 Å². The fourth-order valence-electron chi connectivity index (χ4n) is 3.35. The van der Waals surface area contributed by atoms with Gasteiger partial charge in [-0.3, -0.25) is 0 Å². The molecule has 0 bridgehead atoms. The maximum atomic E-state index is 7.11. The van der Waals surface area contributed by atoms with Gasteiger partial charge in [0.15, 0.2) is 22.9 Å². The first-order valence-corrected chi connectivity index (χ1v) is 19.5. The van der Waals surface area contributed by atoms with Crippen LogP contribution in [0, 0.1) is 0 Å². The van der Waals surface area contributed by atoms with Crippen LogP contribution in [-0.2, 0) is 24.9 Å². The van der Waals surface area contributed by atoms with Crippen molar-refractivity contribution in [3.05, 3.63) is 56.2 Å². The van der Waals surface area contributed by atoms with Gasteiger partial charge in [-0.05, 0) is 60.0 Å². The molecule has 2 heterocycles. The highest BCUT2D eigenvalue weighted by atomic mass is 35.5. The summed E-state index contributed by atoms with van der Waals surface area (Å²) in [4.78, 5) is 2.24. The third kappa shape index (κ3) is 6.87. The van der Waals surface area contributed by atoms with Gasteiger partial charge < -0.3 is 18.3 Å². The molecule has 2 aromatic rings. The molecule has 0 radical (unpaired) electrons. The molecule has 35 heavy (non-hydrogen) atoms. The van der Waals surface area contributed by atoms with Crippen LogP contribution in [-0.4, -0.2) is 29.8 Å². The summed E-state index contributed by atoms with van der Waals surface area (Å²) in [6, 6.07) is 10.3. The molecule has 8 heteroatoms. The highest BCUT2D eigenvalue weighted by Crippen LogP contribution is 2.46. The second-order valence-corrected chi connectivity index (χ2v) is 23.6. The normalized spacial score (nSPS) is 17.2. The van der Waals surface area contributed by atoms with Crippen molar-refractivity contribution in [1.82, 2.24) is 0 Å². The zero-order valence-electron chi connectivity index (χ0n) is 23.1. The van der Waals surface area contributed by atoms with Crippen molar-refractivity contribution in [2.75, 3.05) is 13.2 Å². The van der Waals surface area contributed by atoms with E-state index >= 15 is 0 Å². The van der Waals surface area contributed by atoms with Crippen molar-refractivity contribution in [3.8, 4) is 0 Å². The number of thiophene rings is 1. The number of halogens is 1. The Bertz CT molecular complexity index is 1000. The lowest BCUT2D eigenvalue weighted by Gasteiger charge is -2.40. The number of benzene rings is 1. The second-order valence-electron chi connectivity index (χ2n) is 12.5. The van der Waals surface area contributed by atoms with Crippen LogP contribution in [0.3, 0.4) is 0 Å². The summed E-state index contributed by atoms with van der Waals surface area (Å²) in [5.41, 5.74) is 2.20. The molecule has 1 aliphatic heterocycles. The fourth-order valence-corrected chi connectivity index (χ4v) is 6.90. The SMILES string of the molecule is CC(C)(C)[Si](C)(C)OCc1sc(C2OCCO2)cc1C(O[Si](C)(C)C(C)(C)C)c1cccc(Cl)c1. The average molecular weight is 555 g/mol. The molecule has 0 aliphatic carbocycles. The molecule has 1 aromatic heterocycles. The summed E-state index contributed by atoms with van der Waals surface area (Å²) in [7, 11) is -4.06. The molecule has 1 fully saturated rings. The van der Waals surface area contributed by atoms with Gasteiger partial charge in [0, 0.05) is 15.5 Å². The predicted molar refractivity (Wildman–Crippen MR) is 153 cm³/mol. The Kier molecular flexibility index (Phi) is 8.87.